The first-order chi connectivity index (χ1) is 11.6. The molecule has 0 atom stereocenters. The number of ether oxygens (including phenoxy) is 1. The van der Waals surface area contributed by atoms with E-state index in [2.05, 4.69) is 5.10 Å². The van der Waals surface area contributed by atoms with Crippen LogP contribution in [0.25, 0.3) is 0 Å². The normalized spacial score (nSPS) is 14.6. The van der Waals surface area contributed by atoms with Crippen molar-refractivity contribution in [1.82, 2.24) is 5.01 Å². The molecule has 3 rings (SSSR count). The summed E-state index contributed by atoms with van der Waals surface area (Å²) in [5.41, 5.74) is 1.72. The Labute approximate surface area is 148 Å². The van der Waals surface area contributed by atoms with Crippen LogP contribution < -0.4 is 4.74 Å². The minimum atomic E-state index is -0.267. The molecule has 1 fully saturated rings. The largest absolute Gasteiger partial charge is 0.489 e. The molecule has 0 spiro atoms. The lowest BCUT2D eigenvalue weighted by Gasteiger charge is -2.08. The van der Waals surface area contributed by atoms with Crippen molar-refractivity contribution in [3.05, 3.63) is 65.5 Å². The van der Waals surface area contributed by atoms with Crippen molar-refractivity contribution < 1.29 is 13.9 Å². The molecule has 0 bridgehead atoms. The van der Waals surface area contributed by atoms with Crippen molar-refractivity contribution in [2.45, 2.75) is 6.61 Å². The van der Waals surface area contributed by atoms with E-state index >= 15 is 0 Å². The van der Waals surface area contributed by atoms with Crippen molar-refractivity contribution in [3.8, 4) is 5.75 Å². The standard InChI is InChI=1S/C17H13FN2O2S2/c18-14-5-1-13(2-6-14)10-22-15-7-3-12(4-8-15)9-19-20-16(21)11-24-17(20)23/h1-9H,10-11H2/b19-9-. The highest BCUT2D eigenvalue weighted by Crippen LogP contribution is 2.19. The summed E-state index contributed by atoms with van der Waals surface area (Å²) in [5, 5.41) is 5.34. The number of amides is 1. The number of rotatable bonds is 5. The van der Waals surface area contributed by atoms with Crippen molar-refractivity contribution in [1.29, 1.82) is 0 Å². The Morgan fingerprint density at radius 1 is 1.21 bits per heavy atom. The maximum absolute atomic E-state index is 12.8. The van der Waals surface area contributed by atoms with Crippen LogP contribution in [0.2, 0.25) is 0 Å². The molecule has 1 aliphatic heterocycles. The summed E-state index contributed by atoms with van der Waals surface area (Å²) < 4.78 is 19.0. The number of hydrazone groups is 1. The molecule has 0 aliphatic carbocycles. The van der Waals surface area contributed by atoms with Gasteiger partial charge in [-0.05, 0) is 47.5 Å². The van der Waals surface area contributed by atoms with Crippen molar-refractivity contribution in [2.75, 3.05) is 5.75 Å². The average Bonchev–Trinajstić information content (AvgIpc) is 2.92. The molecule has 2 aromatic carbocycles. The molecular formula is C17H13FN2O2S2. The topological polar surface area (TPSA) is 41.9 Å². The maximum Gasteiger partial charge on any atom is 0.259 e. The first-order valence-corrected chi connectivity index (χ1v) is 8.52. The maximum atomic E-state index is 12.8. The quantitative estimate of drug-likeness (QED) is 0.604. The molecule has 1 aliphatic rings. The number of hydrogen-bond acceptors (Lipinski definition) is 5. The molecule has 1 amide bonds. The summed E-state index contributed by atoms with van der Waals surface area (Å²) in [4.78, 5) is 11.6. The molecule has 0 unspecified atom stereocenters. The molecule has 0 radical (unpaired) electrons. The van der Waals surface area contributed by atoms with Crippen LogP contribution in [0.5, 0.6) is 5.75 Å². The van der Waals surface area contributed by atoms with E-state index in [1.54, 1.807) is 18.3 Å². The van der Waals surface area contributed by atoms with Crippen LogP contribution in [0, 0.1) is 5.82 Å². The van der Waals surface area contributed by atoms with E-state index in [1.807, 2.05) is 24.3 Å². The average molecular weight is 360 g/mol. The fourth-order valence-corrected chi connectivity index (χ4v) is 2.95. The third kappa shape index (κ3) is 4.18. The highest BCUT2D eigenvalue weighted by Gasteiger charge is 2.25. The van der Waals surface area contributed by atoms with Gasteiger partial charge >= 0.3 is 0 Å². The van der Waals surface area contributed by atoms with Crippen LogP contribution >= 0.6 is 24.0 Å². The highest BCUT2D eigenvalue weighted by atomic mass is 32.2. The molecule has 0 aromatic heterocycles. The number of hydrogen-bond donors (Lipinski definition) is 0. The third-order valence-electron chi connectivity index (χ3n) is 3.25. The van der Waals surface area contributed by atoms with Gasteiger partial charge in [0.2, 0.25) is 0 Å². The van der Waals surface area contributed by atoms with Crippen molar-refractivity contribution in [2.24, 2.45) is 5.10 Å². The number of nitrogens with zero attached hydrogens (tertiary/aromatic N) is 2. The van der Waals surface area contributed by atoms with E-state index in [4.69, 9.17) is 17.0 Å². The number of benzene rings is 2. The van der Waals surface area contributed by atoms with Crippen molar-refractivity contribution in [3.63, 3.8) is 0 Å². The van der Waals surface area contributed by atoms with E-state index < -0.39 is 0 Å². The van der Waals surface area contributed by atoms with Gasteiger partial charge in [0.05, 0.1) is 12.0 Å². The lowest BCUT2D eigenvalue weighted by Crippen LogP contribution is -2.22. The van der Waals surface area contributed by atoms with Gasteiger partial charge in [-0.1, -0.05) is 36.1 Å². The van der Waals surface area contributed by atoms with E-state index in [-0.39, 0.29) is 11.7 Å². The molecule has 4 nitrogen and oxygen atoms in total. The van der Waals surface area contributed by atoms with Crippen LogP contribution in [0.1, 0.15) is 11.1 Å². The lowest BCUT2D eigenvalue weighted by molar-refractivity contribution is -0.123. The summed E-state index contributed by atoms with van der Waals surface area (Å²) >= 11 is 6.36. The number of carbonyl (C=O) groups excluding carboxylic acids is 1. The first kappa shape index (κ1) is 16.6. The van der Waals surface area contributed by atoms with Crippen LogP contribution in [-0.2, 0) is 11.4 Å². The monoisotopic (exact) mass is 360 g/mol. The highest BCUT2D eigenvalue weighted by molar-refractivity contribution is 8.23. The van der Waals surface area contributed by atoms with Gasteiger partial charge in [-0.2, -0.15) is 10.1 Å². The number of carbonyl (C=O) groups is 1. The second kappa shape index (κ2) is 7.55. The van der Waals surface area contributed by atoms with Crippen LogP contribution in [-0.4, -0.2) is 27.2 Å². The van der Waals surface area contributed by atoms with Crippen molar-refractivity contribution >= 4 is 40.4 Å². The SMILES string of the molecule is O=C1CSC(=S)N1/N=C\c1ccc(OCc2ccc(F)cc2)cc1. The van der Waals surface area contributed by atoms with E-state index in [9.17, 15) is 9.18 Å². The molecule has 0 saturated carbocycles. The van der Waals surface area contributed by atoms with Gasteiger partial charge in [-0.25, -0.2) is 4.39 Å². The molecule has 7 heteroatoms. The lowest BCUT2D eigenvalue weighted by atomic mass is 10.2. The van der Waals surface area contributed by atoms with Gasteiger partial charge < -0.3 is 4.74 Å². The van der Waals surface area contributed by atoms with E-state index in [1.165, 1.54) is 28.9 Å². The number of halogens is 1. The van der Waals surface area contributed by atoms with Gasteiger partial charge in [0.25, 0.3) is 5.91 Å². The Hall–Kier alpha value is -2.25. The molecule has 122 valence electrons. The third-order valence-corrected chi connectivity index (χ3v) is 4.59. The Morgan fingerprint density at radius 3 is 2.54 bits per heavy atom. The van der Waals surface area contributed by atoms with Crippen LogP contribution in [0.15, 0.2) is 53.6 Å². The van der Waals surface area contributed by atoms with Gasteiger partial charge in [0.1, 0.15) is 18.2 Å². The first-order valence-electron chi connectivity index (χ1n) is 7.13. The molecule has 24 heavy (non-hydrogen) atoms. The molecule has 1 saturated heterocycles. The smallest absolute Gasteiger partial charge is 0.259 e. The summed E-state index contributed by atoms with van der Waals surface area (Å²) in [7, 11) is 0. The fraction of sp³-hybridized carbons (Fsp3) is 0.118. The molecule has 0 N–H and O–H groups in total. The van der Waals surface area contributed by atoms with Gasteiger partial charge in [-0.15, -0.1) is 0 Å². The van der Waals surface area contributed by atoms with E-state index in [0.717, 1.165) is 11.1 Å². The zero-order valence-corrected chi connectivity index (χ0v) is 14.1. The van der Waals surface area contributed by atoms with E-state index in [0.29, 0.717) is 22.4 Å². The second-order valence-electron chi connectivity index (χ2n) is 4.99. The number of thiocarbonyl (C=S) groups is 1. The molecule has 2 aromatic rings. The zero-order chi connectivity index (χ0) is 16.9. The van der Waals surface area contributed by atoms with Crippen LogP contribution in [0.3, 0.4) is 0 Å². The molecular weight excluding hydrogens is 347 g/mol. The van der Waals surface area contributed by atoms with Gasteiger partial charge in [0, 0.05) is 0 Å². The minimum absolute atomic E-state index is 0.111. The minimum Gasteiger partial charge on any atom is -0.489 e. The summed E-state index contributed by atoms with van der Waals surface area (Å²) in [5.74, 6) is 0.656. The Kier molecular flexibility index (Phi) is 5.22. The zero-order valence-electron chi connectivity index (χ0n) is 12.5. The van der Waals surface area contributed by atoms with Gasteiger partial charge in [0.15, 0.2) is 4.32 Å². The molecule has 1 heterocycles. The summed E-state index contributed by atoms with van der Waals surface area (Å²) in [6.45, 7) is 0.363. The Balaban J connectivity index is 1.58. The summed E-state index contributed by atoms with van der Waals surface area (Å²) in [6.07, 6.45) is 1.58. The van der Waals surface area contributed by atoms with Gasteiger partial charge in [-0.3, -0.25) is 4.79 Å². The number of thioether (sulfide) groups is 1. The second-order valence-corrected chi connectivity index (χ2v) is 6.60. The summed E-state index contributed by atoms with van der Waals surface area (Å²) in [6, 6.07) is 13.5. The fourth-order valence-electron chi connectivity index (χ4n) is 1.98. The van der Waals surface area contributed by atoms with Crippen LogP contribution in [0.4, 0.5) is 4.39 Å². The Morgan fingerprint density at radius 2 is 1.92 bits per heavy atom. The Bertz CT molecular complexity index is 760. The predicted octanol–water partition coefficient (Wildman–Crippen LogP) is 3.60. The predicted molar refractivity (Wildman–Crippen MR) is 96.7 cm³/mol.